The van der Waals surface area contributed by atoms with Crippen LogP contribution in [0.25, 0.3) is 11.2 Å². The second-order valence-electron chi connectivity index (χ2n) is 7.99. The molecule has 0 radical (unpaired) electrons. The van der Waals surface area contributed by atoms with Crippen molar-refractivity contribution in [2.75, 3.05) is 17.3 Å². The number of rotatable bonds is 8. The molecule has 4 rings (SSSR count). The molecule has 186 valence electrons. The highest BCUT2D eigenvalue weighted by Crippen LogP contribution is 2.35. The summed E-state index contributed by atoms with van der Waals surface area (Å²) in [6.45, 7) is 1.03. The normalized spacial score (nSPS) is 12.8. The van der Waals surface area contributed by atoms with Gasteiger partial charge in [-0.3, -0.25) is 4.79 Å². The number of imidazole rings is 1. The van der Waals surface area contributed by atoms with E-state index >= 15 is 0 Å². The van der Waals surface area contributed by atoms with E-state index in [0.29, 0.717) is 11.3 Å². The molecule has 2 N–H and O–H groups in total. The number of nitrogens with one attached hydrogen (secondary N) is 2. The lowest BCUT2D eigenvalue weighted by atomic mass is 9.90. The number of anilines is 3. The van der Waals surface area contributed by atoms with Crippen molar-refractivity contribution in [3.8, 4) is 17.6 Å². The number of nitrogens with zero attached hydrogens (tertiary/aromatic N) is 6. The van der Waals surface area contributed by atoms with Crippen LogP contribution >= 0.6 is 0 Å². The molecule has 1 amide bonds. The summed E-state index contributed by atoms with van der Waals surface area (Å²) in [4.78, 5) is 23.8. The summed E-state index contributed by atoms with van der Waals surface area (Å²) in [5, 5.41) is 18.9. The molecule has 1 atom stereocenters. The fourth-order valence-corrected chi connectivity index (χ4v) is 3.25. The van der Waals surface area contributed by atoms with Crippen LogP contribution < -0.4 is 15.4 Å². The molecule has 36 heavy (non-hydrogen) atoms. The Morgan fingerprint density at radius 3 is 2.78 bits per heavy atom. The Kier molecular flexibility index (Phi) is 6.47. The Hall–Kier alpha value is -4.67. The van der Waals surface area contributed by atoms with Crippen LogP contribution in [-0.4, -0.2) is 43.7 Å². The van der Waals surface area contributed by atoms with Gasteiger partial charge in [0.05, 0.1) is 6.20 Å². The van der Waals surface area contributed by atoms with E-state index < -0.39 is 18.5 Å². The summed E-state index contributed by atoms with van der Waals surface area (Å²) < 4.78 is 52.2. The number of hydrogen-bond donors (Lipinski definition) is 2. The molecule has 0 saturated heterocycles. The predicted octanol–water partition coefficient (Wildman–Crippen LogP) is 4.21. The number of aryl methyl sites for hydroxylation is 1. The molecule has 0 aliphatic rings. The number of carbonyl (C=O) groups is 1. The molecular formula is C22H19F3N8O3. The summed E-state index contributed by atoms with van der Waals surface area (Å²) in [7, 11) is 1.59. The number of hydrogen-bond acceptors (Lipinski definition) is 9. The van der Waals surface area contributed by atoms with Crippen LogP contribution in [0.4, 0.5) is 30.8 Å². The van der Waals surface area contributed by atoms with Crippen LogP contribution in [0, 0.1) is 11.3 Å². The minimum absolute atomic E-state index is 0.0148. The van der Waals surface area contributed by atoms with Gasteiger partial charge in [-0.15, -0.1) is 0 Å². The van der Waals surface area contributed by atoms with Gasteiger partial charge in [0.2, 0.25) is 11.9 Å². The highest BCUT2D eigenvalue weighted by atomic mass is 19.3. The maximum atomic E-state index is 13.3. The number of amides is 1. The average molecular weight is 500 g/mol. The zero-order valence-corrected chi connectivity index (χ0v) is 19.2. The first-order chi connectivity index (χ1) is 17.2. The van der Waals surface area contributed by atoms with Gasteiger partial charge in [-0.05, 0) is 13.0 Å². The van der Waals surface area contributed by atoms with Gasteiger partial charge in [0, 0.05) is 32.3 Å². The number of alkyl halides is 3. The summed E-state index contributed by atoms with van der Waals surface area (Å²) in [6.07, 6.45) is -0.256. The molecule has 0 aromatic carbocycles. The Bertz CT molecular complexity index is 1480. The van der Waals surface area contributed by atoms with Crippen molar-refractivity contribution in [3.63, 3.8) is 0 Å². The number of halogens is 3. The molecule has 0 aliphatic carbocycles. The molecule has 1 unspecified atom stereocenters. The second-order valence-corrected chi connectivity index (χ2v) is 7.99. The summed E-state index contributed by atoms with van der Waals surface area (Å²) in [6, 6.07) is 6.25. The SMILES string of the molecule is CC(=O)Nc1cc(Oc2cnc3nc(Nc4cc(C(C)(CF)C(F)F)on4)n(C)c3c2C#N)ccn1. The first-order valence-electron chi connectivity index (χ1n) is 10.4. The van der Waals surface area contributed by atoms with E-state index in [2.05, 4.69) is 36.8 Å². The first kappa shape index (κ1) is 24.5. The van der Waals surface area contributed by atoms with Crippen LogP contribution in [-0.2, 0) is 17.3 Å². The minimum Gasteiger partial charge on any atom is -0.454 e. The first-order valence-corrected chi connectivity index (χ1v) is 10.4. The Labute approximate surface area is 201 Å². The van der Waals surface area contributed by atoms with E-state index in [-0.39, 0.29) is 46.2 Å². The summed E-state index contributed by atoms with van der Waals surface area (Å²) >= 11 is 0. The molecule has 4 heterocycles. The number of carbonyl (C=O) groups excluding carboxylic acids is 1. The molecule has 11 nitrogen and oxygen atoms in total. The van der Waals surface area contributed by atoms with E-state index in [9.17, 15) is 23.2 Å². The summed E-state index contributed by atoms with van der Waals surface area (Å²) in [5.41, 5.74) is -1.51. The zero-order valence-electron chi connectivity index (χ0n) is 19.2. The van der Waals surface area contributed by atoms with E-state index in [1.165, 1.54) is 30.0 Å². The fourth-order valence-electron chi connectivity index (χ4n) is 3.25. The van der Waals surface area contributed by atoms with Gasteiger partial charge in [0.1, 0.15) is 40.8 Å². The van der Waals surface area contributed by atoms with Crippen molar-refractivity contribution >= 4 is 34.7 Å². The fraction of sp³-hybridized carbons (Fsp3) is 0.273. The van der Waals surface area contributed by atoms with Gasteiger partial charge in [0.15, 0.2) is 23.0 Å². The zero-order chi connectivity index (χ0) is 26.0. The van der Waals surface area contributed by atoms with Gasteiger partial charge in [-0.2, -0.15) is 10.2 Å². The standard InChI is InChI=1S/C22H19F3N8O3/c1-11(34)29-16-6-12(4-5-27-16)35-14-9-28-19-18(13(14)8-26)33(3)21(31-19)30-17-7-15(36-32-17)22(2,10-23)20(24)25/h4-7,9,20H,10H2,1-3H3,(H,27,29,34)(H,28,30,31,32). The lowest BCUT2D eigenvalue weighted by molar-refractivity contribution is -0.114. The number of nitriles is 1. The lowest BCUT2D eigenvalue weighted by Crippen LogP contribution is -2.32. The minimum atomic E-state index is -3.01. The molecule has 0 bridgehead atoms. The number of pyridine rings is 2. The molecule has 14 heteroatoms. The molecular weight excluding hydrogens is 481 g/mol. The van der Waals surface area contributed by atoms with Crippen molar-refractivity contribution in [1.82, 2.24) is 24.7 Å². The van der Waals surface area contributed by atoms with Crippen molar-refractivity contribution < 1.29 is 27.2 Å². The van der Waals surface area contributed by atoms with Crippen LogP contribution in [0.5, 0.6) is 11.5 Å². The average Bonchev–Trinajstić information content (AvgIpc) is 3.43. The molecule has 0 saturated carbocycles. The van der Waals surface area contributed by atoms with Crippen LogP contribution in [0.15, 0.2) is 35.1 Å². The van der Waals surface area contributed by atoms with Crippen LogP contribution in [0.2, 0.25) is 0 Å². The van der Waals surface area contributed by atoms with Gasteiger partial charge in [0.25, 0.3) is 6.43 Å². The molecule has 0 fully saturated rings. The monoisotopic (exact) mass is 500 g/mol. The maximum absolute atomic E-state index is 13.3. The van der Waals surface area contributed by atoms with Crippen molar-refractivity contribution in [3.05, 3.63) is 41.9 Å². The topological polar surface area (TPSA) is 144 Å². The maximum Gasteiger partial charge on any atom is 0.253 e. The van der Waals surface area contributed by atoms with Crippen molar-refractivity contribution in [2.24, 2.45) is 7.05 Å². The lowest BCUT2D eigenvalue weighted by Gasteiger charge is -2.21. The highest BCUT2D eigenvalue weighted by Gasteiger charge is 2.41. The molecule has 4 aromatic heterocycles. The van der Waals surface area contributed by atoms with E-state index in [0.717, 1.165) is 13.0 Å². The van der Waals surface area contributed by atoms with Crippen molar-refractivity contribution in [2.45, 2.75) is 25.7 Å². The van der Waals surface area contributed by atoms with E-state index in [4.69, 9.17) is 9.26 Å². The second kappa shape index (κ2) is 9.53. The number of aromatic nitrogens is 5. The third kappa shape index (κ3) is 4.50. The third-order valence-electron chi connectivity index (χ3n) is 5.31. The van der Waals surface area contributed by atoms with E-state index in [1.54, 1.807) is 13.1 Å². The Morgan fingerprint density at radius 2 is 2.11 bits per heavy atom. The molecule has 0 spiro atoms. The van der Waals surface area contributed by atoms with Gasteiger partial charge in [-0.25, -0.2) is 23.1 Å². The quantitative estimate of drug-likeness (QED) is 0.363. The Balaban J connectivity index is 1.66. The smallest absolute Gasteiger partial charge is 0.253 e. The highest BCUT2D eigenvalue weighted by molar-refractivity contribution is 5.87. The predicted molar refractivity (Wildman–Crippen MR) is 121 cm³/mol. The van der Waals surface area contributed by atoms with E-state index in [1.807, 2.05) is 0 Å². The van der Waals surface area contributed by atoms with Crippen LogP contribution in [0.3, 0.4) is 0 Å². The number of fused-ring (bicyclic) bond motifs is 1. The molecule has 4 aromatic rings. The van der Waals surface area contributed by atoms with Crippen molar-refractivity contribution in [1.29, 1.82) is 5.26 Å². The van der Waals surface area contributed by atoms with Gasteiger partial charge in [-0.1, -0.05) is 5.16 Å². The van der Waals surface area contributed by atoms with Gasteiger partial charge < -0.3 is 24.5 Å². The number of ether oxygens (including phenoxy) is 1. The third-order valence-corrected chi connectivity index (χ3v) is 5.31. The molecule has 0 aliphatic heterocycles. The summed E-state index contributed by atoms with van der Waals surface area (Å²) in [5.74, 6) is 0.239. The van der Waals surface area contributed by atoms with Gasteiger partial charge >= 0.3 is 0 Å². The Morgan fingerprint density at radius 1 is 1.33 bits per heavy atom. The largest absolute Gasteiger partial charge is 0.454 e. The van der Waals surface area contributed by atoms with Crippen LogP contribution in [0.1, 0.15) is 25.2 Å².